The number of likely N-dealkylation sites (tertiary alicyclic amines) is 1. The van der Waals surface area contributed by atoms with Crippen molar-refractivity contribution in [2.24, 2.45) is 21.7 Å². The number of alkyl halides is 3. The van der Waals surface area contributed by atoms with Gasteiger partial charge in [-0.05, 0) is 55.5 Å². The quantitative estimate of drug-likeness (QED) is 0.366. The van der Waals surface area contributed by atoms with Crippen molar-refractivity contribution in [3.8, 4) is 0 Å². The van der Waals surface area contributed by atoms with Gasteiger partial charge in [0.05, 0.1) is 23.5 Å². The van der Waals surface area contributed by atoms with Gasteiger partial charge in [0, 0.05) is 42.9 Å². The number of nitrogens with one attached hydrogen (secondary N) is 1. The lowest BCUT2D eigenvalue weighted by Crippen LogP contribution is -2.53. The molecule has 2 atom stereocenters. The number of fused-ring (bicyclic) bond motifs is 1. The fourth-order valence-corrected chi connectivity index (χ4v) is 5.49. The molecule has 0 bridgehead atoms. The first-order valence-electron chi connectivity index (χ1n) is 13.0. The van der Waals surface area contributed by atoms with Crippen LogP contribution in [0.5, 0.6) is 0 Å². The van der Waals surface area contributed by atoms with Crippen molar-refractivity contribution in [1.82, 2.24) is 9.88 Å². The van der Waals surface area contributed by atoms with E-state index in [1.54, 1.807) is 54.6 Å². The number of nitrogens with two attached hydrogens (primary N) is 1. The number of anilines is 1. The van der Waals surface area contributed by atoms with E-state index in [1.165, 1.54) is 0 Å². The topological polar surface area (TPSA) is 113 Å². The summed E-state index contributed by atoms with van der Waals surface area (Å²) in [4.78, 5) is 40.4. The Bertz CT molecular complexity index is 1470. The Balaban J connectivity index is 1.36. The van der Waals surface area contributed by atoms with Crippen LogP contribution in [0.2, 0.25) is 0 Å². The number of rotatable bonds is 7. The fourth-order valence-electron chi connectivity index (χ4n) is 5.11. The second-order valence-corrected chi connectivity index (χ2v) is 10.9. The number of thioether (sulfide) groups is 1. The van der Waals surface area contributed by atoms with Crippen LogP contribution in [-0.4, -0.2) is 63.4 Å². The third kappa shape index (κ3) is 5.97. The van der Waals surface area contributed by atoms with Crippen molar-refractivity contribution in [3.63, 3.8) is 0 Å². The molecule has 2 aromatic rings. The molecular formula is C28H29F3N7O2S+. The van der Waals surface area contributed by atoms with Crippen molar-refractivity contribution in [3.05, 3.63) is 83.1 Å². The highest BCUT2D eigenvalue weighted by Crippen LogP contribution is 2.37. The number of pyridine rings is 1. The van der Waals surface area contributed by atoms with Crippen LogP contribution < -0.4 is 11.2 Å². The molecule has 13 heteroatoms. The minimum absolute atomic E-state index is 0.00140. The summed E-state index contributed by atoms with van der Waals surface area (Å²) in [6.07, 6.45) is 5.68. The zero-order chi connectivity index (χ0) is 29.2. The second kappa shape index (κ2) is 11.6. The Morgan fingerprint density at radius 2 is 2.00 bits per heavy atom. The van der Waals surface area contributed by atoms with Gasteiger partial charge in [-0.3, -0.25) is 14.6 Å². The first-order chi connectivity index (χ1) is 19.6. The van der Waals surface area contributed by atoms with Crippen LogP contribution in [0.15, 0.2) is 76.4 Å². The molecule has 41 heavy (non-hydrogen) atoms. The minimum Gasteiger partial charge on any atom is -0.342 e. The van der Waals surface area contributed by atoms with E-state index in [4.69, 9.17) is 10.8 Å². The van der Waals surface area contributed by atoms with Gasteiger partial charge in [-0.15, -0.1) is 4.59 Å². The zero-order valence-electron chi connectivity index (χ0n) is 22.3. The maximum Gasteiger partial charge on any atom is 0.416 e. The molecule has 1 fully saturated rings. The molecule has 0 radical (unpaired) electrons. The van der Waals surface area contributed by atoms with Crippen molar-refractivity contribution >= 4 is 41.4 Å². The summed E-state index contributed by atoms with van der Waals surface area (Å²) >= 11 is 1.64. The number of hydrogen-bond donors (Lipinski definition) is 2. The lowest BCUT2D eigenvalue weighted by molar-refractivity contribution is -0.750. The number of benzene rings is 1. The summed E-state index contributed by atoms with van der Waals surface area (Å²) in [5, 5.41) is 2.41. The summed E-state index contributed by atoms with van der Waals surface area (Å²) < 4.78 is 38.9. The molecule has 3 aliphatic rings. The molecule has 214 valence electrons. The smallest absolute Gasteiger partial charge is 0.342 e. The van der Waals surface area contributed by atoms with E-state index >= 15 is 0 Å². The van der Waals surface area contributed by atoms with Crippen molar-refractivity contribution in [2.45, 2.75) is 25.4 Å². The van der Waals surface area contributed by atoms with Gasteiger partial charge >= 0.3 is 6.18 Å². The minimum atomic E-state index is -4.55. The Morgan fingerprint density at radius 3 is 2.73 bits per heavy atom. The molecule has 1 saturated heterocycles. The fraction of sp³-hybridized carbons (Fsp3) is 0.321. The maximum absolute atomic E-state index is 13.0. The molecule has 5 rings (SSSR count). The standard InChI is InChI=1S/C28H28F3N7O2S/c1-41-14-9-24(39)37-12-2-3-20(17-37)25-22-16-33-11-13-38(22,32)26(36-25)18-4-6-19(7-5-18)27(40)35-23-15-21(8-10-34-23)28(29,30)31/h4-8,10-11,13,15-16,20H,2-3,9,12,14,17,32H2,1H3/p+1. The number of quaternary nitrogens is 1. The van der Waals surface area contributed by atoms with Gasteiger partial charge in [-0.2, -0.15) is 35.8 Å². The monoisotopic (exact) mass is 584 g/mol. The average molecular weight is 585 g/mol. The normalized spacial score (nSPS) is 22.0. The Morgan fingerprint density at radius 1 is 1.22 bits per heavy atom. The van der Waals surface area contributed by atoms with Gasteiger partial charge in [-0.1, -0.05) is 0 Å². The molecule has 2 amide bonds. The van der Waals surface area contributed by atoms with Crippen LogP contribution in [0.3, 0.4) is 0 Å². The molecule has 1 aromatic carbocycles. The lowest BCUT2D eigenvalue weighted by Gasteiger charge is -2.33. The maximum atomic E-state index is 13.0. The first kappa shape index (κ1) is 28.7. The number of allylic oxidation sites excluding steroid dienone is 1. The van der Waals surface area contributed by atoms with Crippen LogP contribution in [0.4, 0.5) is 19.0 Å². The van der Waals surface area contributed by atoms with Crippen molar-refractivity contribution in [1.29, 1.82) is 0 Å². The third-order valence-corrected chi connectivity index (χ3v) is 7.85. The van der Waals surface area contributed by atoms with E-state index in [1.807, 2.05) is 11.2 Å². The number of aliphatic imine (C=N–C) groups is 2. The number of amidine groups is 1. The van der Waals surface area contributed by atoms with E-state index in [0.29, 0.717) is 24.4 Å². The van der Waals surface area contributed by atoms with Gasteiger partial charge in [0.25, 0.3) is 11.7 Å². The van der Waals surface area contributed by atoms with E-state index in [-0.39, 0.29) is 27.8 Å². The highest BCUT2D eigenvalue weighted by atomic mass is 32.2. The van der Waals surface area contributed by atoms with E-state index < -0.39 is 17.6 Å². The van der Waals surface area contributed by atoms with Crippen LogP contribution in [0.25, 0.3) is 0 Å². The Hall–Kier alpha value is -3.81. The van der Waals surface area contributed by atoms with E-state index in [2.05, 4.69) is 15.3 Å². The molecule has 4 heterocycles. The molecule has 1 aromatic heterocycles. The average Bonchev–Trinajstić information content (AvgIpc) is 3.28. The van der Waals surface area contributed by atoms with Crippen molar-refractivity contribution in [2.75, 3.05) is 30.4 Å². The molecule has 3 aliphatic heterocycles. The summed E-state index contributed by atoms with van der Waals surface area (Å²) in [7, 11) is 0. The predicted molar refractivity (Wildman–Crippen MR) is 152 cm³/mol. The molecule has 2 unspecified atom stereocenters. The van der Waals surface area contributed by atoms with Gasteiger partial charge in [-0.25, -0.2) is 4.98 Å². The second-order valence-electron chi connectivity index (χ2n) is 9.94. The van der Waals surface area contributed by atoms with Gasteiger partial charge in [0.15, 0.2) is 0 Å². The van der Waals surface area contributed by atoms with Crippen LogP contribution in [0.1, 0.15) is 40.7 Å². The summed E-state index contributed by atoms with van der Waals surface area (Å²) in [5.41, 5.74) is 1.50. The molecule has 3 N–H and O–H groups in total. The molecular weight excluding hydrogens is 555 g/mol. The lowest BCUT2D eigenvalue weighted by atomic mass is 9.93. The third-order valence-electron chi connectivity index (χ3n) is 7.24. The van der Waals surface area contributed by atoms with Gasteiger partial charge in [0.1, 0.15) is 17.7 Å². The van der Waals surface area contributed by atoms with Gasteiger partial charge in [0.2, 0.25) is 11.6 Å². The molecule has 0 spiro atoms. The molecule has 9 nitrogen and oxygen atoms in total. The number of nitrogens with zero attached hydrogens (tertiary/aromatic N) is 5. The van der Waals surface area contributed by atoms with Gasteiger partial charge < -0.3 is 10.2 Å². The number of carbonyl (C=O) groups excluding carboxylic acids is 2. The van der Waals surface area contributed by atoms with Crippen LogP contribution in [-0.2, 0) is 11.0 Å². The highest BCUT2D eigenvalue weighted by Gasteiger charge is 2.46. The zero-order valence-corrected chi connectivity index (χ0v) is 23.1. The Labute approximate surface area is 239 Å². The van der Waals surface area contributed by atoms with Crippen molar-refractivity contribution < 1.29 is 27.4 Å². The van der Waals surface area contributed by atoms with Crippen LogP contribution >= 0.6 is 11.8 Å². The summed E-state index contributed by atoms with van der Waals surface area (Å²) in [6, 6.07) is 8.11. The molecule has 0 aliphatic carbocycles. The summed E-state index contributed by atoms with van der Waals surface area (Å²) in [5.74, 6) is 7.50. The number of carbonyl (C=O) groups is 2. The van der Waals surface area contributed by atoms with E-state index in [0.717, 1.165) is 54.9 Å². The number of amides is 2. The van der Waals surface area contributed by atoms with E-state index in [9.17, 15) is 22.8 Å². The number of halogens is 3. The predicted octanol–water partition coefficient (Wildman–Crippen LogP) is 4.56. The number of hydrogen-bond acceptors (Lipinski definition) is 7. The summed E-state index contributed by atoms with van der Waals surface area (Å²) in [6.45, 7) is 1.28. The van der Waals surface area contributed by atoms with Crippen LogP contribution in [0, 0.1) is 5.92 Å². The molecule has 0 saturated carbocycles. The number of aromatic nitrogens is 1. The largest absolute Gasteiger partial charge is 0.416 e. The Kier molecular flexibility index (Phi) is 8.11. The SMILES string of the molecule is CSCCC(=O)N1CCCC(C2=C3C=NC=C[N+]3(N)C(c3ccc(C(=O)Nc4cc(C(F)(F)F)ccn4)cc3)=N2)C1. The first-order valence-corrected chi connectivity index (χ1v) is 14.4. The number of piperidine rings is 1. The highest BCUT2D eigenvalue weighted by molar-refractivity contribution is 7.98.